The molecule has 0 fully saturated rings. The van der Waals surface area contributed by atoms with Crippen LogP contribution in [0.4, 0.5) is 20.2 Å². The Balaban J connectivity index is 1.55. The van der Waals surface area contributed by atoms with Crippen LogP contribution in [0.25, 0.3) is 10.9 Å². The van der Waals surface area contributed by atoms with Crippen molar-refractivity contribution in [1.82, 2.24) is 10.2 Å². The topological polar surface area (TPSA) is 87.5 Å². The van der Waals surface area contributed by atoms with Gasteiger partial charge in [0.25, 0.3) is 11.8 Å². The number of rotatable bonds is 5. The molecule has 7 nitrogen and oxygen atoms in total. The van der Waals surface area contributed by atoms with E-state index >= 15 is 0 Å². The number of alkyl halides is 2. The molecule has 0 aliphatic carbocycles. The van der Waals surface area contributed by atoms with Gasteiger partial charge in [-0.15, -0.1) is 0 Å². The average molecular weight is 423 g/mol. The van der Waals surface area contributed by atoms with Crippen LogP contribution in [0.1, 0.15) is 25.8 Å². The molecule has 9 heteroatoms. The second kappa shape index (κ2) is 7.82. The highest BCUT2D eigenvalue weighted by Gasteiger charge is 2.40. The van der Waals surface area contributed by atoms with E-state index in [4.69, 9.17) is 0 Å². The number of hydrazone groups is 1. The van der Waals surface area contributed by atoms with Crippen molar-refractivity contribution in [2.24, 2.45) is 11.0 Å². The van der Waals surface area contributed by atoms with Gasteiger partial charge in [-0.3, -0.25) is 9.59 Å². The summed E-state index contributed by atoms with van der Waals surface area (Å²) in [6.07, 6.45) is 1.21. The van der Waals surface area contributed by atoms with Crippen LogP contribution in [0.2, 0.25) is 0 Å². The van der Waals surface area contributed by atoms with E-state index in [-0.39, 0.29) is 17.7 Å². The zero-order valence-electron chi connectivity index (χ0n) is 16.8. The molecular weight excluding hydrogens is 404 g/mol. The zero-order chi connectivity index (χ0) is 22.2. The van der Waals surface area contributed by atoms with E-state index < -0.39 is 23.7 Å². The van der Waals surface area contributed by atoms with Gasteiger partial charge >= 0.3 is 0 Å². The van der Waals surface area contributed by atoms with Crippen LogP contribution < -0.4 is 10.3 Å². The molecule has 2 heterocycles. The number of carbonyl (C=O) groups is 2. The summed E-state index contributed by atoms with van der Waals surface area (Å²) < 4.78 is 28.0. The first kappa shape index (κ1) is 20.5. The second-order valence-electron chi connectivity index (χ2n) is 7.23. The smallest absolute Gasteiger partial charge is 0.273 e. The Bertz CT molecular complexity index is 1210. The van der Waals surface area contributed by atoms with E-state index in [1.807, 2.05) is 0 Å². The van der Waals surface area contributed by atoms with Crippen LogP contribution in [0.5, 0.6) is 0 Å². The van der Waals surface area contributed by atoms with Crippen molar-refractivity contribution >= 4 is 39.8 Å². The average Bonchev–Trinajstić information content (AvgIpc) is 3.07. The maximum Gasteiger partial charge on any atom is 0.273 e. The Labute approximate surface area is 176 Å². The molecule has 1 atom stereocenters. The molecule has 3 aromatic rings. The quantitative estimate of drug-likeness (QED) is 0.626. The van der Waals surface area contributed by atoms with Crippen LogP contribution in [0, 0.1) is 5.92 Å². The van der Waals surface area contributed by atoms with Crippen molar-refractivity contribution in [2.45, 2.75) is 26.2 Å². The molecule has 0 bridgehead atoms. The summed E-state index contributed by atoms with van der Waals surface area (Å²) in [6.45, 7) is 2.96. The van der Waals surface area contributed by atoms with Crippen LogP contribution in [0.15, 0.2) is 59.8 Å². The molecule has 4 rings (SSSR count). The number of benzene rings is 2. The first-order chi connectivity index (χ1) is 14.8. The van der Waals surface area contributed by atoms with Crippen molar-refractivity contribution in [3.05, 3.63) is 60.3 Å². The maximum absolute atomic E-state index is 14.0. The molecule has 0 saturated carbocycles. The number of amides is 2. The molecule has 0 spiro atoms. The monoisotopic (exact) mass is 423 g/mol. The minimum absolute atomic E-state index is 0.190. The zero-order valence-corrected chi connectivity index (χ0v) is 16.8. The highest BCUT2D eigenvalue weighted by Crippen LogP contribution is 2.33. The van der Waals surface area contributed by atoms with E-state index in [0.29, 0.717) is 16.9 Å². The SMILES string of the molecule is CCC(F)(F)c1cccc(NC(=O)C2C(=O)N(c3ccc4ccnnc4c3)N=C2C)c1. The summed E-state index contributed by atoms with van der Waals surface area (Å²) in [5, 5.41) is 16.6. The first-order valence-electron chi connectivity index (χ1n) is 9.70. The first-order valence-corrected chi connectivity index (χ1v) is 9.70. The fraction of sp³-hybridized carbons (Fsp3) is 0.227. The fourth-order valence-corrected chi connectivity index (χ4v) is 3.40. The Kier molecular flexibility index (Phi) is 5.18. The number of aromatic nitrogens is 2. The second-order valence-corrected chi connectivity index (χ2v) is 7.23. The van der Waals surface area contributed by atoms with Gasteiger partial charge in [-0.2, -0.15) is 20.3 Å². The van der Waals surface area contributed by atoms with Crippen molar-refractivity contribution in [2.75, 3.05) is 10.3 Å². The van der Waals surface area contributed by atoms with Gasteiger partial charge in [-0.05, 0) is 37.3 Å². The van der Waals surface area contributed by atoms with E-state index in [9.17, 15) is 18.4 Å². The minimum Gasteiger partial charge on any atom is -0.325 e. The summed E-state index contributed by atoms with van der Waals surface area (Å²) in [5.41, 5.74) is 1.33. The normalized spacial score (nSPS) is 16.5. The third kappa shape index (κ3) is 3.86. The van der Waals surface area contributed by atoms with Crippen LogP contribution >= 0.6 is 0 Å². The Morgan fingerprint density at radius 3 is 2.77 bits per heavy atom. The van der Waals surface area contributed by atoms with Gasteiger partial charge in [0.15, 0.2) is 5.92 Å². The van der Waals surface area contributed by atoms with Gasteiger partial charge in [-0.25, -0.2) is 8.78 Å². The maximum atomic E-state index is 14.0. The fourth-order valence-electron chi connectivity index (χ4n) is 3.40. The lowest BCUT2D eigenvalue weighted by Crippen LogP contribution is -2.36. The van der Waals surface area contributed by atoms with Crippen molar-refractivity contribution in [1.29, 1.82) is 0 Å². The van der Waals surface area contributed by atoms with Gasteiger partial charge in [0, 0.05) is 23.1 Å². The predicted octanol–water partition coefficient (Wildman–Crippen LogP) is 4.11. The summed E-state index contributed by atoms with van der Waals surface area (Å²) in [5.74, 6) is -5.33. The van der Waals surface area contributed by atoms with Crippen LogP contribution in [0.3, 0.4) is 0 Å². The Morgan fingerprint density at radius 2 is 2.00 bits per heavy atom. The number of fused-ring (bicyclic) bond motifs is 1. The van der Waals surface area contributed by atoms with Gasteiger partial charge in [-0.1, -0.05) is 25.1 Å². The van der Waals surface area contributed by atoms with Crippen molar-refractivity contribution in [3.63, 3.8) is 0 Å². The summed E-state index contributed by atoms with van der Waals surface area (Å²) in [6, 6.07) is 12.4. The number of carbonyl (C=O) groups excluding carboxylic acids is 2. The lowest BCUT2D eigenvalue weighted by molar-refractivity contribution is -0.127. The molecular formula is C22H19F2N5O2. The highest BCUT2D eigenvalue weighted by molar-refractivity contribution is 6.28. The number of hydrogen-bond donors (Lipinski definition) is 1. The van der Waals surface area contributed by atoms with E-state index in [1.165, 1.54) is 31.2 Å². The minimum atomic E-state index is -3.00. The standard InChI is InChI=1S/C22H19F2N5O2/c1-3-22(23,24)15-5-4-6-16(11-15)26-20(30)19-13(2)28-29(21(19)31)17-8-7-14-9-10-25-27-18(14)12-17/h4-12,19H,3H2,1-2H3,(H,26,30). The predicted molar refractivity (Wildman–Crippen MR) is 113 cm³/mol. The van der Waals surface area contributed by atoms with Crippen LogP contribution in [-0.4, -0.2) is 27.7 Å². The number of hydrogen-bond acceptors (Lipinski definition) is 5. The Morgan fingerprint density at radius 1 is 1.19 bits per heavy atom. The van der Waals surface area contributed by atoms with Crippen LogP contribution in [-0.2, 0) is 15.5 Å². The molecule has 0 radical (unpaired) electrons. The number of halogens is 2. The van der Waals surface area contributed by atoms with Crippen molar-refractivity contribution in [3.8, 4) is 0 Å². The molecule has 1 aromatic heterocycles. The molecule has 2 amide bonds. The summed E-state index contributed by atoms with van der Waals surface area (Å²) >= 11 is 0. The van der Waals surface area contributed by atoms with Gasteiger partial charge in [0.05, 0.1) is 23.1 Å². The molecule has 158 valence electrons. The van der Waals surface area contributed by atoms with E-state index in [0.717, 1.165) is 10.4 Å². The lowest BCUT2D eigenvalue weighted by Gasteiger charge is -2.17. The third-order valence-electron chi connectivity index (χ3n) is 5.13. The molecule has 2 aromatic carbocycles. The highest BCUT2D eigenvalue weighted by atomic mass is 19.3. The largest absolute Gasteiger partial charge is 0.325 e. The molecule has 1 aliphatic rings. The number of nitrogens with zero attached hydrogens (tertiary/aromatic N) is 4. The van der Waals surface area contributed by atoms with E-state index in [1.54, 1.807) is 37.4 Å². The van der Waals surface area contributed by atoms with Gasteiger partial charge in [0.2, 0.25) is 5.91 Å². The summed E-state index contributed by atoms with van der Waals surface area (Å²) in [4.78, 5) is 25.8. The van der Waals surface area contributed by atoms with Crippen molar-refractivity contribution < 1.29 is 18.4 Å². The molecule has 0 saturated heterocycles. The molecule has 1 unspecified atom stereocenters. The lowest BCUT2D eigenvalue weighted by atomic mass is 10.0. The summed E-state index contributed by atoms with van der Waals surface area (Å²) in [7, 11) is 0. The van der Waals surface area contributed by atoms with Gasteiger partial charge < -0.3 is 5.32 Å². The number of anilines is 2. The van der Waals surface area contributed by atoms with Gasteiger partial charge in [0.1, 0.15) is 0 Å². The Hall–Kier alpha value is -3.75. The third-order valence-corrected chi connectivity index (χ3v) is 5.13. The van der Waals surface area contributed by atoms with E-state index in [2.05, 4.69) is 20.6 Å². The molecule has 1 aliphatic heterocycles. The molecule has 1 N–H and O–H groups in total. The number of nitrogens with one attached hydrogen (secondary N) is 1. The molecule has 31 heavy (non-hydrogen) atoms.